The molecule has 0 bridgehead atoms. The van der Waals surface area contributed by atoms with Crippen LogP contribution in [0.2, 0.25) is 0 Å². The van der Waals surface area contributed by atoms with Crippen LogP contribution < -0.4 is 14.4 Å². The third kappa shape index (κ3) is 7.63. The molecule has 0 fully saturated rings. The number of unbranched alkanes of at least 4 members (excludes halogenated alkanes) is 2. The Bertz CT molecular complexity index is 1400. The number of nitrogens with zero attached hydrogens (tertiary/aromatic N) is 3. The first kappa shape index (κ1) is 31.6. The molecule has 0 aliphatic carbocycles. The van der Waals surface area contributed by atoms with Crippen LogP contribution in [0.4, 0.5) is 5.69 Å². The predicted molar refractivity (Wildman–Crippen MR) is 170 cm³/mol. The number of hydrogen-bond acceptors (Lipinski definition) is 7. The van der Waals surface area contributed by atoms with Crippen LogP contribution in [0, 0.1) is 22.7 Å². The molecule has 0 radical (unpaired) electrons. The van der Waals surface area contributed by atoms with Gasteiger partial charge in [0.2, 0.25) is 0 Å². The van der Waals surface area contributed by atoms with E-state index >= 15 is 0 Å². The van der Waals surface area contributed by atoms with Crippen molar-refractivity contribution in [3.8, 4) is 23.6 Å². The summed E-state index contributed by atoms with van der Waals surface area (Å²) in [5.41, 5.74) is 2.89. The second-order valence-electron chi connectivity index (χ2n) is 10.4. The second kappa shape index (κ2) is 14.6. The average Bonchev–Trinajstić information content (AvgIpc) is 3.54. The van der Waals surface area contributed by atoms with Gasteiger partial charge in [-0.2, -0.15) is 10.5 Å². The van der Waals surface area contributed by atoms with Gasteiger partial charge >= 0.3 is 0 Å². The molecular weight excluding hydrogens is 530 g/mol. The minimum absolute atomic E-state index is 0.363. The van der Waals surface area contributed by atoms with Crippen LogP contribution in [0.25, 0.3) is 18.2 Å². The lowest BCUT2D eigenvalue weighted by Crippen LogP contribution is -2.25. The topological polar surface area (TPSA) is 78.5 Å². The molecule has 1 aliphatic rings. The van der Waals surface area contributed by atoms with Crippen LogP contribution in [0.3, 0.4) is 0 Å². The molecule has 2 aromatic rings. The number of benzene rings is 1. The molecule has 0 amide bonds. The zero-order valence-electron chi connectivity index (χ0n) is 25.3. The molecule has 1 aromatic heterocycles. The highest BCUT2D eigenvalue weighted by atomic mass is 32.1. The minimum atomic E-state index is -0.697. The molecule has 0 saturated carbocycles. The highest BCUT2D eigenvalue weighted by Gasteiger charge is 2.37. The summed E-state index contributed by atoms with van der Waals surface area (Å²) in [6.07, 6.45) is 12.6. The van der Waals surface area contributed by atoms with E-state index in [0.717, 1.165) is 76.9 Å². The quantitative estimate of drug-likeness (QED) is 0.224. The van der Waals surface area contributed by atoms with Crippen molar-refractivity contribution in [2.24, 2.45) is 0 Å². The van der Waals surface area contributed by atoms with Crippen LogP contribution in [-0.2, 0) is 4.74 Å². The lowest BCUT2D eigenvalue weighted by atomic mass is 9.94. The van der Waals surface area contributed by atoms with Gasteiger partial charge in [0.15, 0.2) is 5.76 Å². The maximum Gasteiger partial charge on any atom is 0.152 e. The van der Waals surface area contributed by atoms with Crippen molar-refractivity contribution in [1.82, 2.24) is 0 Å². The number of allylic oxidation sites excluding steroid dienone is 2. The van der Waals surface area contributed by atoms with Crippen LogP contribution >= 0.6 is 11.3 Å². The Morgan fingerprint density at radius 1 is 0.951 bits per heavy atom. The fraction of sp³-hybridized carbons (Fsp3) is 0.412. The van der Waals surface area contributed by atoms with Gasteiger partial charge in [-0.05, 0) is 64.0 Å². The fourth-order valence-electron chi connectivity index (χ4n) is 4.71. The average molecular weight is 572 g/mol. The van der Waals surface area contributed by atoms with E-state index in [-0.39, 0.29) is 0 Å². The van der Waals surface area contributed by atoms with Crippen molar-refractivity contribution in [3.63, 3.8) is 0 Å². The van der Waals surface area contributed by atoms with Gasteiger partial charge in [0.1, 0.15) is 28.7 Å². The Morgan fingerprint density at radius 2 is 1.51 bits per heavy atom. The fourth-order valence-corrected chi connectivity index (χ4v) is 5.53. The predicted octanol–water partition coefficient (Wildman–Crippen LogP) is 8.78. The van der Waals surface area contributed by atoms with E-state index in [4.69, 9.17) is 14.2 Å². The summed E-state index contributed by atoms with van der Waals surface area (Å²) in [5, 5.41) is 19.1. The maximum absolute atomic E-state index is 9.78. The summed E-state index contributed by atoms with van der Waals surface area (Å²) in [6.45, 7) is 11.9. The largest absolute Gasteiger partial charge is 0.496 e. The molecule has 216 valence electrons. The monoisotopic (exact) mass is 571 g/mol. The second-order valence-corrected chi connectivity index (χ2v) is 11.6. The molecule has 7 heteroatoms. The summed E-state index contributed by atoms with van der Waals surface area (Å²) in [5.74, 6) is 1.92. The standard InChI is InChI=1S/C34H41N3O3S/c1-8-10-18-37(19-11-9-2)25-20-31(38-6)28(32(21-25)39-7)16-14-26-12-13-27(41-26)15-17-30-29(23-36)33(24(3)22-35)40-34(30,4)5/h12-17,20-21H,8-11,18-19H2,1-7H3/b16-14+,17-15+,33-24+. The van der Waals surface area contributed by atoms with Crippen molar-refractivity contribution >= 4 is 35.3 Å². The number of ether oxygens (including phenoxy) is 3. The Kier molecular flexibility index (Phi) is 11.3. The van der Waals surface area contributed by atoms with Gasteiger partial charge in [-0.1, -0.05) is 32.8 Å². The van der Waals surface area contributed by atoms with Gasteiger partial charge in [-0.25, -0.2) is 0 Å². The number of methoxy groups -OCH3 is 2. The van der Waals surface area contributed by atoms with E-state index < -0.39 is 5.60 Å². The molecule has 1 aliphatic heterocycles. The highest BCUT2D eigenvalue weighted by molar-refractivity contribution is 7.13. The van der Waals surface area contributed by atoms with E-state index in [1.807, 2.05) is 38.1 Å². The van der Waals surface area contributed by atoms with Gasteiger partial charge in [0.25, 0.3) is 0 Å². The molecule has 0 atom stereocenters. The molecule has 0 spiro atoms. The van der Waals surface area contributed by atoms with Gasteiger partial charge < -0.3 is 19.1 Å². The third-order valence-electron chi connectivity index (χ3n) is 7.06. The van der Waals surface area contributed by atoms with Crippen molar-refractivity contribution in [2.75, 3.05) is 32.2 Å². The minimum Gasteiger partial charge on any atom is -0.496 e. The molecule has 41 heavy (non-hydrogen) atoms. The summed E-state index contributed by atoms with van der Waals surface area (Å²) in [6, 6.07) is 12.6. The van der Waals surface area contributed by atoms with Crippen molar-refractivity contribution in [3.05, 3.63) is 68.1 Å². The highest BCUT2D eigenvalue weighted by Crippen LogP contribution is 2.41. The number of rotatable bonds is 13. The van der Waals surface area contributed by atoms with Crippen molar-refractivity contribution < 1.29 is 14.2 Å². The molecule has 3 rings (SSSR count). The lowest BCUT2D eigenvalue weighted by molar-refractivity contribution is 0.0949. The first-order chi connectivity index (χ1) is 19.7. The van der Waals surface area contributed by atoms with Crippen LogP contribution in [0.5, 0.6) is 11.5 Å². The molecule has 1 aromatic carbocycles. The number of hydrogen-bond donors (Lipinski definition) is 0. The molecule has 0 unspecified atom stereocenters. The number of anilines is 1. The SMILES string of the molecule is CCCCN(CCCC)c1cc(OC)c(/C=C/c2ccc(/C=C/C3=C(C#N)C(=C(/C)C#N)/OC3(C)C)s2)c(OC)c1. The van der Waals surface area contributed by atoms with Crippen LogP contribution in [0.15, 0.2) is 52.8 Å². The molecule has 0 N–H and O–H groups in total. The zero-order valence-corrected chi connectivity index (χ0v) is 26.2. The molecule has 6 nitrogen and oxygen atoms in total. The van der Waals surface area contributed by atoms with Gasteiger partial charge in [-0.15, -0.1) is 11.3 Å². The first-order valence-corrected chi connectivity index (χ1v) is 15.0. The van der Waals surface area contributed by atoms with E-state index in [0.29, 0.717) is 16.9 Å². The molecule has 0 saturated heterocycles. The van der Waals surface area contributed by atoms with Crippen LogP contribution in [0.1, 0.15) is 75.6 Å². The summed E-state index contributed by atoms with van der Waals surface area (Å²) in [4.78, 5) is 4.53. The summed E-state index contributed by atoms with van der Waals surface area (Å²) >= 11 is 1.64. The lowest BCUT2D eigenvalue weighted by Gasteiger charge is -2.26. The Labute approximate surface area is 249 Å². The normalized spacial score (nSPS) is 15.6. The van der Waals surface area contributed by atoms with Gasteiger partial charge in [0, 0.05) is 46.2 Å². The zero-order chi connectivity index (χ0) is 30.0. The van der Waals surface area contributed by atoms with E-state index in [9.17, 15) is 10.5 Å². The smallest absolute Gasteiger partial charge is 0.152 e. The molecule has 2 heterocycles. The summed E-state index contributed by atoms with van der Waals surface area (Å²) < 4.78 is 17.6. The molecular formula is C34H41N3O3S. The Hall–Kier alpha value is -3.94. The van der Waals surface area contributed by atoms with E-state index in [1.54, 1.807) is 32.5 Å². The van der Waals surface area contributed by atoms with Crippen LogP contribution in [-0.4, -0.2) is 32.9 Å². The first-order valence-electron chi connectivity index (χ1n) is 14.1. The summed E-state index contributed by atoms with van der Waals surface area (Å²) in [7, 11) is 3.40. The number of thiophene rings is 1. The maximum atomic E-state index is 9.78. The van der Waals surface area contributed by atoms with E-state index in [2.05, 4.69) is 55.2 Å². The van der Waals surface area contributed by atoms with Gasteiger partial charge in [0.05, 0.1) is 31.4 Å². The number of nitriles is 2. The van der Waals surface area contributed by atoms with E-state index in [1.165, 1.54) is 0 Å². The van der Waals surface area contributed by atoms with Crippen molar-refractivity contribution in [2.45, 2.75) is 65.9 Å². The van der Waals surface area contributed by atoms with Gasteiger partial charge in [-0.3, -0.25) is 0 Å². The Balaban J connectivity index is 1.88. The Morgan fingerprint density at radius 3 is 2.00 bits per heavy atom. The van der Waals surface area contributed by atoms with Crippen molar-refractivity contribution in [1.29, 1.82) is 10.5 Å². The third-order valence-corrected chi connectivity index (χ3v) is 8.07.